The van der Waals surface area contributed by atoms with Crippen molar-refractivity contribution in [1.82, 2.24) is 10.3 Å². The first kappa shape index (κ1) is 12.4. The minimum Gasteiger partial charge on any atom is -0.316 e. The van der Waals surface area contributed by atoms with Gasteiger partial charge in [0.05, 0.1) is 0 Å². The lowest BCUT2D eigenvalue weighted by atomic mass is 10.1. The standard InChI is InChI=1S/C13H18F2N2/c14-13(15)6-4-11(9-13)10-16-8-5-12-3-1-2-7-17-12/h1-3,7,11,16H,4-6,8-10H2. The Morgan fingerprint density at radius 1 is 1.41 bits per heavy atom. The maximum absolute atomic E-state index is 12.9. The summed E-state index contributed by atoms with van der Waals surface area (Å²) >= 11 is 0. The zero-order chi connectivity index (χ0) is 12.1. The number of nitrogens with one attached hydrogen (secondary N) is 1. The van der Waals surface area contributed by atoms with E-state index < -0.39 is 5.92 Å². The molecule has 1 heterocycles. The van der Waals surface area contributed by atoms with E-state index in [0.29, 0.717) is 13.0 Å². The lowest BCUT2D eigenvalue weighted by Crippen LogP contribution is -2.24. The zero-order valence-corrected chi connectivity index (χ0v) is 9.83. The minimum atomic E-state index is -2.42. The van der Waals surface area contributed by atoms with Crippen LogP contribution in [0.1, 0.15) is 25.0 Å². The van der Waals surface area contributed by atoms with Crippen molar-refractivity contribution < 1.29 is 8.78 Å². The summed E-state index contributed by atoms with van der Waals surface area (Å²) in [5.74, 6) is -2.29. The molecule has 0 amide bonds. The van der Waals surface area contributed by atoms with Gasteiger partial charge in [0.25, 0.3) is 0 Å². The molecule has 0 spiro atoms. The number of rotatable bonds is 5. The van der Waals surface area contributed by atoms with Crippen molar-refractivity contribution in [3.8, 4) is 0 Å². The number of hydrogen-bond acceptors (Lipinski definition) is 2. The molecule has 1 aliphatic carbocycles. The second kappa shape index (κ2) is 5.54. The summed E-state index contributed by atoms with van der Waals surface area (Å²) in [7, 11) is 0. The molecular weight excluding hydrogens is 222 g/mol. The van der Waals surface area contributed by atoms with E-state index in [1.807, 2.05) is 18.2 Å². The molecule has 94 valence electrons. The Balaban J connectivity index is 1.61. The van der Waals surface area contributed by atoms with Gasteiger partial charge in [-0.3, -0.25) is 4.98 Å². The van der Waals surface area contributed by atoms with Crippen molar-refractivity contribution in [2.45, 2.75) is 31.6 Å². The van der Waals surface area contributed by atoms with Crippen molar-refractivity contribution in [3.63, 3.8) is 0 Å². The fourth-order valence-electron chi connectivity index (χ4n) is 2.28. The van der Waals surface area contributed by atoms with E-state index in [1.165, 1.54) is 0 Å². The Labute approximate surface area is 100 Å². The van der Waals surface area contributed by atoms with Crippen LogP contribution in [0.15, 0.2) is 24.4 Å². The third kappa shape index (κ3) is 4.04. The van der Waals surface area contributed by atoms with Crippen LogP contribution in [-0.4, -0.2) is 24.0 Å². The van der Waals surface area contributed by atoms with E-state index in [-0.39, 0.29) is 18.8 Å². The third-order valence-corrected chi connectivity index (χ3v) is 3.22. The molecular formula is C13H18F2N2. The molecule has 2 rings (SSSR count). The van der Waals surface area contributed by atoms with Gasteiger partial charge in [0.2, 0.25) is 5.92 Å². The summed E-state index contributed by atoms with van der Waals surface area (Å²) in [6, 6.07) is 5.82. The number of hydrogen-bond donors (Lipinski definition) is 1. The molecule has 0 saturated heterocycles. The van der Waals surface area contributed by atoms with Gasteiger partial charge in [0.15, 0.2) is 0 Å². The maximum atomic E-state index is 12.9. The van der Waals surface area contributed by atoms with E-state index in [2.05, 4.69) is 10.3 Å². The van der Waals surface area contributed by atoms with E-state index in [4.69, 9.17) is 0 Å². The van der Waals surface area contributed by atoms with Crippen LogP contribution in [0, 0.1) is 5.92 Å². The Hall–Kier alpha value is -1.03. The molecule has 0 radical (unpaired) electrons. The number of halogens is 2. The van der Waals surface area contributed by atoms with Crippen LogP contribution >= 0.6 is 0 Å². The van der Waals surface area contributed by atoms with Crippen LogP contribution in [-0.2, 0) is 6.42 Å². The smallest absolute Gasteiger partial charge is 0.248 e. The van der Waals surface area contributed by atoms with E-state index in [1.54, 1.807) is 6.20 Å². The molecule has 1 unspecified atom stereocenters. The molecule has 1 N–H and O–H groups in total. The molecule has 4 heteroatoms. The Kier molecular flexibility index (Phi) is 4.05. The summed E-state index contributed by atoms with van der Waals surface area (Å²) in [6.07, 6.45) is 3.36. The Morgan fingerprint density at radius 2 is 2.29 bits per heavy atom. The van der Waals surface area contributed by atoms with Gasteiger partial charge in [-0.25, -0.2) is 8.78 Å². The minimum absolute atomic E-state index is 0.0452. The molecule has 17 heavy (non-hydrogen) atoms. The molecule has 1 atom stereocenters. The van der Waals surface area contributed by atoms with Gasteiger partial charge in [-0.15, -0.1) is 0 Å². The van der Waals surface area contributed by atoms with E-state index in [0.717, 1.165) is 18.7 Å². The second-order valence-corrected chi connectivity index (χ2v) is 4.74. The van der Waals surface area contributed by atoms with Crippen LogP contribution in [0.5, 0.6) is 0 Å². The topological polar surface area (TPSA) is 24.9 Å². The first-order valence-corrected chi connectivity index (χ1v) is 6.14. The number of pyridine rings is 1. The molecule has 0 aliphatic heterocycles. The molecule has 1 saturated carbocycles. The van der Waals surface area contributed by atoms with Gasteiger partial charge in [-0.05, 0) is 31.0 Å². The molecule has 1 fully saturated rings. The first-order valence-electron chi connectivity index (χ1n) is 6.14. The van der Waals surface area contributed by atoms with Gasteiger partial charge in [0.1, 0.15) is 0 Å². The van der Waals surface area contributed by atoms with Gasteiger partial charge >= 0.3 is 0 Å². The van der Waals surface area contributed by atoms with Crippen molar-refractivity contribution in [2.75, 3.05) is 13.1 Å². The summed E-state index contributed by atoms with van der Waals surface area (Å²) in [4.78, 5) is 4.21. The van der Waals surface area contributed by atoms with Gasteiger partial charge in [-0.1, -0.05) is 6.07 Å². The fraction of sp³-hybridized carbons (Fsp3) is 0.615. The maximum Gasteiger partial charge on any atom is 0.248 e. The fourth-order valence-corrected chi connectivity index (χ4v) is 2.28. The number of nitrogens with zero attached hydrogens (tertiary/aromatic N) is 1. The lowest BCUT2D eigenvalue weighted by molar-refractivity contribution is 0.00509. The van der Waals surface area contributed by atoms with Crippen LogP contribution < -0.4 is 5.32 Å². The van der Waals surface area contributed by atoms with Crippen molar-refractivity contribution in [2.24, 2.45) is 5.92 Å². The quantitative estimate of drug-likeness (QED) is 0.800. The van der Waals surface area contributed by atoms with Crippen molar-refractivity contribution in [1.29, 1.82) is 0 Å². The summed E-state index contributed by atoms with van der Waals surface area (Å²) in [5.41, 5.74) is 1.04. The normalized spacial score (nSPS) is 22.8. The average Bonchev–Trinajstić information content (AvgIpc) is 2.66. The zero-order valence-electron chi connectivity index (χ0n) is 9.83. The lowest BCUT2D eigenvalue weighted by Gasteiger charge is -2.11. The van der Waals surface area contributed by atoms with Gasteiger partial charge in [-0.2, -0.15) is 0 Å². The monoisotopic (exact) mass is 240 g/mol. The summed E-state index contributed by atoms with van der Waals surface area (Å²) < 4.78 is 25.9. The summed E-state index contributed by atoms with van der Waals surface area (Å²) in [5, 5.41) is 3.24. The molecule has 0 aromatic carbocycles. The van der Waals surface area contributed by atoms with Crippen molar-refractivity contribution in [3.05, 3.63) is 30.1 Å². The van der Waals surface area contributed by atoms with Gasteiger partial charge in [0, 0.05) is 37.7 Å². The highest BCUT2D eigenvalue weighted by Crippen LogP contribution is 2.38. The second-order valence-electron chi connectivity index (χ2n) is 4.74. The Morgan fingerprint density at radius 3 is 2.94 bits per heavy atom. The van der Waals surface area contributed by atoms with Crippen LogP contribution in [0.2, 0.25) is 0 Å². The SMILES string of the molecule is FC1(F)CCC(CNCCc2ccccn2)C1. The molecule has 1 aromatic rings. The van der Waals surface area contributed by atoms with E-state index >= 15 is 0 Å². The molecule has 1 aliphatic rings. The van der Waals surface area contributed by atoms with Crippen LogP contribution in [0.25, 0.3) is 0 Å². The molecule has 2 nitrogen and oxygen atoms in total. The number of aromatic nitrogens is 1. The predicted molar refractivity (Wildman–Crippen MR) is 63.1 cm³/mol. The van der Waals surface area contributed by atoms with Crippen LogP contribution in [0.4, 0.5) is 8.78 Å². The largest absolute Gasteiger partial charge is 0.316 e. The highest BCUT2D eigenvalue weighted by atomic mass is 19.3. The van der Waals surface area contributed by atoms with Crippen LogP contribution in [0.3, 0.4) is 0 Å². The highest BCUT2D eigenvalue weighted by Gasteiger charge is 2.38. The molecule has 0 bridgehead atoms. The average molecular weight is 240 g/mol. The number of alkyl halides is 2. The highest BCUT2D eigenvalue weighted by molar-refractivity contribution is 5.03. The predicted octanol–water partition coefficient (Wildman–Crippen LogP) is 2.65. The summed E-state index contributed by atoms with van der Waals surface area (Å²) in [6.45, 7) is 1.50. The first-order chi connectivity index (χ1) is 8.16. The van der Waals surface area contributed by atoms with Gasteiger partial charge < -0.3 is 5.32 Å². The Bertz CT molecular complexity index is 341. The van der Waals surface area contributed by atoms with Crippen molar-refractivity contribution >= 4 is 0 Å². The van der Waals surface area contributed by atoms with E-state index in [9.17, 15) is 8.78 Å². The third-order valence-electron chi connectivity index (χ3n) is 3.22. The molecule has 1 aromatic heterocycles.